The van der Waals surface area contributed by atoms with Gasteiger partial charge in [0.15, 0.2) is 0 Å². The second-order valence-corrected chi connectivity index (χ2v) is 8.46. The van der Waals surface area contributed by atoms with Gasteiger partial charge in [0.25, 0.3) is 0 Å². The normalized spacial score (nSPS) is 25.3. The fourth-order valence-corrected chi connectivity index (χ4v) is 4.71. The summed E-state index contributed by atoms with van der Waals surface area (Å²) in [5.41, 5.74) is 1.90. The van der Waals surface area contributed by atoms with Crippen LogP contribution >= 0.6 is 0 Å². The quantitative estimate of drug-likeness (QED) is 0.768. The minimum atomic E-state index is -0.173. The smallest absolute Gasteiger partial charge is 0.233 e. The number of imide groups is 1. The van der Waals surface area contributed by atoms with Crippen molar-refractivity contribution in [1.29, 1.82) is 0 Å². The van der Waals surface area contributed by atoms with Crippen LogP contribution in [-0.2, 0) is 14.4 Å². The third-order valence-corrected chi connectivity index (χ3v) is 6.51. The highest BCUT2D eigenvalue weighted by Crippen LogP contribution is 2.38. The molecule has 1 aromatic rings. The van der Waals surface area contributed by atoms with Gasteiger partial charge in [0.1, 0.15) is 0 Å². The first-order valence-corrected chi connectivity index (χ1v) is 10.7. The van der Waals surface area contributed by atoms with E-state index in [1.54, 1.807) is 0 Å². The molecular weight excluding hydrogens is 368 g/mol. The molecule has 29 heavy (non-hydrogen) atoms. The van der Waals surface area contributed by atoms with E-state index in [1.165, 1.54) is 4.90 Å². The molecule has 0 aromatic heterocycles. The van der Waals surface area contributed by atoms with Gasteiger partial charge >= 0.3 is 0 Å². The van der Waals surface area contributed by atoms with Crippen LogP contribution in [0.2, 0.25) is 0 Å². The summed E-state index contributed by atoms with van der Waals surface area (Å²) in [5.74, 6) is -0.635. The maximum atomic E-state index is 12.5. The van der Waals surface area contributed by atoms with Gasteiger partial charge < -0.3 is 15.1 Å². The zero-order chi connectivity index (χ0) is 20.4. The average Bonchev–Trinajstić information content (AvgIpc) is 2.98. The molecule has 156 valence electrons. The van der Waals surface area contributed by atoms with Crippen molar-refractivity contribution >= 4 is 29.1 Å². The van der Waals surface area contributed by atoms with E-state index in [0.29, 0.717) is 0 Å². The Balaban J connectivity index is 1.27. The van der Waals surface area contributed by atoms with Gasteiger partial charge in [-0.15, -0.1) is 0 Å². The Hall–Kier alpha value is -2.41. The van der Waals surface area contributed by atoms with Crippen LogP contribution in [0.3, 0.4) is 0 Å². The average molecular weight is 399 g/mol. The van der Waals surface area contributed by atoms with Crippen molar-refractivity contribution in [3.8, 4) is 0 Å². The summed E-state index contributed by atoms with van der Waals surface area (Å²) in [5, 5.41) is 2.88. The van der Waals surface area contributed by atoms with E-state index in [9.17, 15) is 14.4 Å². The van der Waals surface area contributed by atoms with Crippen molar-refractivity contribution in [2.45, 2.75) is 32.1 Å². The second kappa shape index (κ2) is 8.53. The highest BCUT2D eigenvalue weighted by Gasteiger charge is 2.47. The van der Waals surface area contributed by atoms with Crippen LogP contribution in [0.1, 0.15) is 32.1 Å². The zero-order valence-corrected chi connectivity index (χ0v) is 17.1. The lowest BCUT2D eigenvalue weighted by Crippen LogP contribution is -2.44. The number of nitrogens with zero attached hydrogens (tertiary/aromatic N) is 3. The first-order valence-electron chi connectivity index (χ1n) is 10.7. The van der Waals surface area contributed by atoms with Gasteiger partial charge in [0.2, 0.25) is 17.7 Å². The molecule has 1 aromatic carbocycles. The van der Waals surface area contributed by atoms with E-state index in [-0.39, 0.29) is 42.5 Å². The van der Waals surface area contributed by atoms with Crippen molar-refractivity contribution in [3.63, 3.8) is 0 Å². The highest BCUT2D eigenvalue weighted by atomic mass is 16.2. The molecule has 1 saturated carbocycles. The fourth-order valence-electron chi connectivity index (χ4n) is 4.71. The third-order valence-electron chi connectivity index (χ3n) is 6.51. The molecule has 0 spiro atoms. The Kier molecular flexibility index (Phi) is 5.85. The van der Waals surface area contributed by atoms with Crippen molar-refractivity contribution in [3.05, 3.63) is 24.3 Å². The number of amides is 3. The standard InChI is InChI=1S/C22H30N4O3/c1-24-12-14-25(15-13-24)17-8-6-16(7-9-17)23-20(27)10-11-26-21(28)18-4-2-3-5-19(18)22(26)29/h6-9,18-19H,2-5,10-15H2,1H3,(H,23,27)/t18-,19-/m1/s1. The van der Waals surface area contributed by atoms with E-state index in [2.05, 4.69) is 22.2 Å². The van der Waals surface area contributed by atoms with Gasteiger partial charge in [0, 0.05) is 50.5 Å². The van der Waals surface area contributed by atoms with Crippen LogP contribution in [0.15, 0.2) is 24.3 Å². The maximum absolute atomic E-state index is 12.5. The molecule has 3 amide bonds. The van der Waals surface area contributed by atoms with Crippen molar-refractivity contribution < 1.29 is 14.4 Å². The van der Waals surface area contributed by atoms with Gasteiger partial charge in [0.05, 0.1) is 11.8 Å². The van der Waals surface area contributed by atoms with Gasteiger partial charge in [-0.2, -0.15) is 0 Å². The van der Waals surface area contributed by atoms with Gasteiger partial charge in [-0.3, -0.25) is 19.3 Å². The molecule has 0 radical (unpaired) electrons. The number of fused-ring (bicyclic) bond motifs is 1. The maximum Gasteiger partial charge on any atom is 0.233 e. The van der Waals surface area contributed by atoms with Crippen LogP contribution < -0.4 is 10.2 Å². The number of likely N-dealkylation sites (tertiary alicyclic amines) is 1. The summed E-state index contributed by atoms with van der Waals surface area (Å²) < 4.78 is 0. The molecule has 1 N–H and O–H groups in total. The number of hydrogen-bond donors (Lipinski definition) is 1. The Bertz CT molecular complexity index is 747. The van der Waals surface area contributed by atoms with Crippen LogP contribution in [0.4, 0.5) is 11.4 Å². The van der Waals surface area contributed by atoms with Crippen LogP contribution in [0.5, 0.6) is 0 Å². The fraction of sp³-hybridized carbons (Fsp3) is 0.591. The molecule has 2 aliphatic heterocycles. The molecule has 0 unspecified atom stereocenters. The summed E-state index contributed by atoms with van der Waals surface area (Å²) in [7, 11) is 2.13. The number of anilines is 2. The molecule has 3 aliphatic rings. The molecule has 2 saturated heterocycles. The number of rotatable bonds is 5. The number of nitrogens with one attached hydrogen (secondary N) is 1. The van der Waals surface area contributed by atoms with Crippen molar-refractivity contribution in [2.24, 2.45) is 11.8 Å². The number of hydrogen-bond acceptors (Lipinski definition) is 5. The number of carbonyl (C=O) groups is 3. The molecule has 3 fully saturated rings. The van der Waals surface area contributed by atoms with E-state index in [4.69, 9.17) is 0 Å². The third kappa shape index (κ3) is 4.29. The lowest BCUT2D eigenvalue weighted by molar-refractivity contribution is -0.140. The lowest BCUT2D eigenvalue weighted by atomic mass is 9.81. The minimum Gasteiger partial charge on any atom is -0.369 e. The first-order chi connectivity index (χ1) is 14.0. The molecule has 7 nitrogen and oxygen atoms in total. The molecule has 2 atom stereocenters. The Morgan fingerprint density at radius 2 is 1.55 bits per heavy atom. The Morgan fingerprint density at radius 1 is 0.966 bits per heavy atom. The van der Waals surface area contributed by atoms with Crippen LogP contribution in [0, 0.1) is 11.8 Å². The van der Waals surface area contributed by atoms with Gasteiger partial charge in [-0.05, 0) is 44.2 Å². The largest absolute Gasteiger partial charge is 0.369 e. The van der Waals surface area contributed by atoms with Crippen LogP contribution in [-0.4, -0.2) is 67.3 Å². The zero-order valence-electron chi connectivity index (χ0n) is 17.1. The Morgan fingerprint density at radius 3 is 2.14 bits per heavy atom. The van der Waals surface area contributed by atoms with Crippen molar-refractivity contribution in [1.82, 2.24) is 9.80 Å². The highest BCUT2D eigenvalue weighted by molar-refractivity contribution is 6.05. The van der Waals surface area contributed by atoms with E-state index in [0.717, 1.165) is 63.2 Å². The molecule has 1 aliphatic carbocycles. The summed E-state index contributed by atoms with van der Waals surface area (Å²) in [6, 6.07) is 7.87. The second-order valence-electron chi connectivity index (χ2n) is 8.46. The topological polar surface area (TPSA) is 73.0 Å². The molecule has 4 rings (SSSR count). The van der Waals surface area contributed by atoms with Gasteiger partial charge in [-0.1, -0.05) is 12.8 Å². The Labute approximate surface area is 172 Å². The predicted octanol–water partition coefficient (Wildman–Crippen LogP) is 1.94. The number of benzene rings is 1. The molecular formula is C22H30N4O3. The summed E-state index contributed by atoms with van der Waals surface area (Å²) in [6.07, 6.45) is 3.77. The molecule has 2 heterocycles. The molecule has 7 heteroatoms. The summed E-state index contributed by atoms with van der Waals surface area (Å²) >= 11 is 0. The molecule has 0 bridgehead atoms. The minimum absolute atomic E-state index is 0.0796. The first kappa shape index (κ1) is 19.9. The number of likely N-dealkylation sites (N-methyl/N-ethyl adjacent to an activating group) is 1. The van der Waals surface area contributed by atoms with Crippen molar-refractivity contribution in [2.75, 3.05) is 50.0 Å². The number of carbonyl (C=O) groups excluding carboxylic acids is 3. The lowest BCUT2D eigenvalue weighted by Gasteiger charge is -2.34. The van der Waals surface area contributed by atoms with E-state index < -0.39 is 0 Å². The van der Waals surface area contributed by atoms with E-state index >= 15 is 0 Å². The van der Waals surface area contributed by atoms with Gasteiger partial charge in [-0.25, -0.2) is 0 Å². The van der Waals surface area contributed by atoms with Crippen LogP contribution in [0.25, 0.3) is 0 Å². The number of piperazine rings is 1. The monoisotopic (exact) mass is 398 g/mol. The summed E-state index contributed by atoms with van der Waals surface area (Å²) in [6.45, 7) is 4.28. The predicted molar refractivity (Wildman–Crippen MR) is 112 cm³/mol. The summed E-state index contributed by atoms with van der Waals surface area (Å²) in [4.78, 5) is 43.3. The SMILES string of the molecule is CN1CCN(c2ccc(NC(=O)CCN3C(=O)[C@@H]4CCCC[C@H]4C3=O)cc2)CC1. The van der Waals surface area contributed by atoms with E-state index in [1.807, 2.05) is 24.3 Å².